The number of halogens is 3. The van der Waals surface area contributed by atoms with E-state index in [2.05, 4.69) is 0 Å². The van der Waals surface area contributed by atoms with Gasteiger partial charge in [-0.1, -0.05) is 12.5 Å². The van der Waals surface area contributed by atoms with Crippen LogP contribution in [0.5, 0.6) is 0 Å². The summed E-state index contributed by atoms with van der Waals surface area (Å²) < 4.78 is 65.1. The number of benzene rings is 1. The Bertz CT molecular complexity index is 626. The Labute approximate surface area is 121 Å². The van der Waals surface area contributed by atoms with Crippen LogP contribution in [0.2, 0.25) is 0 Å². The molecule has 2 saturated heterocycles. The van der Waals surface area contributed by atoms with E-state index in [0.717, 1.165) is 50.3 Å². The van der Waals surface area contributed by atoms with Gasteiger partial charge in [0.25, 0.3) is 0 Å². The maximum Gasteiger partial charge on any atom is 0.416 e. The molecule has 2 atom stereocenters. The normalized spacial score (nSPS) is 27.0. The van der Waals surface area contributed by atoms with E-state index in [4.69, 9.17) is 0 Å². The van der Waals surface area contributed by atoms with Gasteiger partial charge in [-0.25, -0.2) is 8.42 Å². The highest BCUT2D eigenvalue weighted by atomic mass is 32.2. The molecule has 2 aliphatic rings. The third-order valence-corrected chi connectivity index (χ3v) is 6.37. The van der Waals surface area contributed by atoms with Gasteiger partial charge in [0.05, 0.1) is 10.5 Å². The molecule has 0 aromatic heterocycles. The van der Waals surface area contributed by atoms with E-state index in [1.165, 1.54) is 10.4 Å². The molecule has 116 valence electrons. The lowest BCUT2D eigenvalue weighted by molar-refractivity contribution is -0.137. The van der Waals surface area contributed by atoms with Crippen molar-refractivity contribution < 1.29 is 21.6 Å². The van der Waals surface area contributed by atoms with Crippen molar-refractivity contribution in [3.63, 3.8) is 0 Å². The second kappa shape index (κ2) is 4.98. The Morgan fingerprint density at radius 2 is 1.67 bits per heavy atom. The largest absolute Gasteiger partial charge is 0.416 e. The van der Waals surface area contributed by atoms with Crippen molar-refractivity contribution in [1.29, 1.82) is 0 Å². The number of hydrogen-bond donors (Lipinski definition) is 0. The highest BCUT2D eigenvalue weighted by Crippen LogP contribution is 2.40. The summed E-state index contributed by atoms with van der Waals surface area (Å²) in [5, 5.41) is 0. The van der Waals surface area contributed by atoms with Gasteiger partial charge in [-0.2, -0.15) is 17.5 Å². The van der Waals surface area contributed by atoms with Crippen molar-refractivity contribution in [2.75, 3.05) is 0 Å². The standard InChI is InChI=1S/C14H16F3NO2S/c15-14(16,17)10-3-1-6-13(9-10)21(19,20)18-11-4-2-5-12(18)8-7-11/h1,3,6,9,11-12H,2,4-5,7-8H2. The highest BCUT2D eigenvalue weighted by Gasteiger charge is 2.44. The number of fused-ring (bicyclic) bond motifs is 2. The summed E-state index contributed by atoms with van der Waals surface area (Å²) in [4.78, 5) is -0.254. The fourth-order valence-corrected chi connectivity index (χ4v) is 5.39. The second-order valence-corrected chi connectivity index (χ2v) is 7.52. The molecule has 1 aromatic carbocycles. The van der Waals surface area contributed by atoms with Crippen LogP contribution in [0.1, 0.15) is 37.7 Å². The average molecular weight is 319 g/mol. The van der Waals surface area contributed by atoms with Crippen LogP contribution in [0.25, 0.3) is 0 Å². The lowest BCUT2D eigenvalue weighted by atomic mass is 10.1. The van der Waals surface area contributed by atoms with Crippen LogP contribution >= 0.6 is 0 Å². The summed E-state index contributed by atoms with van der Waals surface area (Å²) >= 11 is 0. The summed E-state index contributed by atoms with van der Waals surface area (Å²) in [7, 11) is -3.85. The topological polar surface area (TPSA) is 37.4 Å². The molecule has 2 heterocycles. The van der Waals surface area contributed by atoms with E-state index in [-0.39, 0.29) is 17.0 Å². The van der Waals surface area contributed by atoms with Gasteiger partial charge in [0.1, 0.15) is 0 Å². The lowest BCUT2D eigenvalue weighted by Gasteiger charge is -2.33. The van der Waals surface area contributed by atoms with Gasteiger partial charge in [0, 0.05) is 12.1 Å². The smallest absolute Gasteiger partial charge is 0.207 e. The molecule has 0 aliphatic carbocycles. The van der Waals surface area contributed by atoms with Gasteiger partial charge in [-0.3, -0.25) is 0 Å². The summed E-state index contributed by atoms with van der Waals surface area (Å²) in [6.45, 7) is 0. The van der Waals surface area contributed by atoms with Gasteiger partial charge >= 0.3 is 6.18 Å². The molecule has 0 amide bonds. The van der Waals surface area contributed by atoms with Crippen molar-refractivity contribution >= 4 is 10.0 Å². The van der Waals surface area contributed by atoms with Gasteiger partial charge in [0.15, 0.2) is 0 Å². The van der Waals surface area contributed by atoms with Crippen LogP contribution in [-0.4, -0.2) is 24.8 Å². The molecule has 0 spiro atoms. The predicted octanol–water partition coefficient (Wildman–Crippen LogP) is 3.41. The molecular formula is C14H16F3NO2S. The SMILES string of the molecule is O=S(=O)(c1cccc(C(F)(F)F)c1)N1C2CCCC1CC2. The Balaban J connectivity index is 1.99. The van der Waals surface area contributed by atoms with Crippen LogP contribution < -0.4 is 0 Å². The molecule has 3 nitrogen and oxygen atoms in total. The number of nitrogens with zero attached hydrogens (tertiary/aromatic N) is 1. The Hall–Kier alpha value is -1.08. The lowest BCUT2D eigenvalue weighted by Crippen LogP contribution is -2.43. The van der Waals surface area contributed by atoms with Crippen molar-refractivity contribution in [2.45, 2.75) is 55.3 Å². The third kappa shape index (κ3) is 2.57. The zero-order valence-electron chi connectivity index (χ0n) is 11.3. The number of alkyl halides is 3. The minimum absolute atomic E-state index is 0.0525. The van der Waals surface area contributed by atoms with Crippen LogP contribution in [0, 0.1) is 0 Å². The molecule has 2 unspecified atom stereocenters. The minimum atomic E-state index is -4.54. The summed E-state index contributed by atoms with van der Waals surface area (Å²) in [6, 6.07) is 3.93. The van der Waals surface area contributed by atoms with Crippen molar-refractivity contribution in [1.82, 2.24) is 4.31 Å². The van der Waals surface area contributed by atoms with Crippen LogP contribution in [0.4, 0.5) is 13.2 Å². The van der Waals surface area contributed by atoms with Gasteiger partial charge in [-0.15, -0.1) is 0 Å². The molecule has 0 saturated carbocycles. The van der Waals surface area contributed by atoms with E-state index in [9.17, 15) is 21.6 Å². The highest BCUT2D eigenvalue weighted by molar-refractivity contribution is 7.89. The number of sulfonamides is 1. The first-order chi connectivity index (χ1) is 9.80. The Morgan fingerprint density at radius 1 is 1.05 bits per heavy atom. The fraction of sp³-hybridized carbons (Fsp3) is 0.571. The molecule has 3 rings (SSSR count). The number of rotatable bonds is 2. The van der Waals surface area contributed by atoms with E-state index in [1.54, 1.807) is 0 Å². The minimum Gasteiger partial charge on any atom is -0.207 e. The molecule has 2 fully saturated rings. The third-order valence-electron chi connectivity index (χ3n) is 4.36. The van der Waals surface area contributed by atoms with Crippen molar-refractivity contribution in [3.8, 4) is 0 Å². The maximum absolute atomic E-state index is 12.8. The molecule has 0 N–H and O–H groups in total. The van der Waals surface area contributed by atoms with E-state index >= 15 is 0 Å². The van der Waals surface area contributed by atoms with Crippen LogP contribution in [0.15, 0.2) is 29.2 Å². The van der Waals surface area contributed by atoms with Crippen LogP contribution in [0.3, 0.4) is 0 Å². The molecule has 21 heavy (non-hydrogen) atoms. The predicted molar refractivity (Wildman–Crippen MR) is 71.1 cm³/mol. The monoisotopic (exact) mass is 319 g/mol. The molecule has 2 bridgehead atoms. The zero-order chi connectivity index (χ0) is 15.3. The molecule has 7 heteroatoms. The maximum atomic E-state index is 12.8. The van der Waals surface area contributed by atoms with E-state index < -0.39 is 21.8 Å². The molecule has 1 aromatic rings. The van der Waals surface area contributed by atoms with Gasteiger partial charge in [-0.05, 0) is 43.9 Å². The van der Waals surface area contributed by atoms with Gasteiger partial charge < -0.3 is 0 Å². The molecular weight excluding hydrogens is 303 g/mol. The van der Waals surface area contributed by atoms with Crippen LogP contribution in [-0.2, 0) is 16.2 Å². The summed E-state index contributed by atoms with van der Waals surface area (Å²) in [6.07, 6.45) is -0.328. The van der Waals surface area contributed by atoms with E-state index in [1.807, 2.05) is 0 Å². The number of piperidine rings is 1. The Kier molecular flexibility index (Phi) is 3.52. The first-order valence-electron chi connectivity index (χ1n) is 7.01. The molecule has 2 aliphatic heterocycles. The van der Waals surface area contributed by atoms with Gasteiger partial charge in [0.2, 0.25) is 10.0 Å². The first kappa shape index (κ1) is 14.8. The van der Waals surface area contributed by atoms with E-state index in [0.29, 0.717) is 0 Å². The fourth-order valence-electron chi connectivity index (χ4n) is 3.42. The quantitative estimate of drug-likeness (QED) is 0.838. The second-order valence-electron chi connectivity index (χ2n) is 5.68. The molecule has 0 radical (unpaired) electrons. The number of hydrogen-bond acceptors (Lipinski definition) is 2. The Morgan fingerprint density at radius 3 is 2.24 bits per heavy atom. The first-order valence-corrected chi connectivity index (χ1v) is 8.45. The van der Waals surface area contributed by atoms with Crippen molar-refractivity contribution in [3.05, 3.63) is 29.8 Å². The summed E-state index contributed by atoms with van der Waals surface area (Å²) in [5.41, 5.74) is -0.923. The zero-order valence-corrected chi connectivity index (χ0v) is 12.1. The average Bonchev–Trinajstić information content (AvgIpc) is 2.69. The summed E-state index contributed by atoms with van der Waals surface area (Å²) in [5.74, 6) is 0. The van der Waals surface area contributed by atoms with Crippen molar-refractivity contribution in [2.24, 2.45) is 0 Å².